The molecule has 1 aliphatic heterocycles. The van der Waals surface area contributed by atoms with E-state index < -0.39 is 0 Å². The molecule has 0 bridgehead atoms. The van der Waals surface area contributed by atoms with E-state index in [9.17, 15) is 0 Å². The smallest absolute Gasteiger partial charge is 0.224 e. The summed E-state index contributed by atoms with van der Waals surface area (Å²) in [5.41, 5.74) is 5.89. The van der Waals surface area contributed by atoms with Crippen LogP contribution < -0.4 is 10.6 Å². The van der Waals surface area contributed by atoms with E-state index in [-0.39, 0.29) is 5.95 Å². The summed E-state index contributed by atoms with van der Waals surface area (Å²) >= 11 is 0. The minimum Gasteiger partial charge on any atom is -0.368 e. The predicted molar refractivity (Wildman–Crippen MR) is 86.3 cm³/mol. The Labute approximate surface area is 133 Å². The molecule has 1 aliphatic rings. The molecule has 4 heterocycles. The Morgan fingerprint density at radius 2 is 2.13 bits per heavy atom. The number of aromatic nitrogens is 6. The van der Waals surface area contributed by atoms with E-state index in [1.807, 2.05) is 24.5 Å². The lowest BCUT2D eigenvalue weighted by molar-refractivity contribution is 0.491. The predicted octanol–water partition coefficient (Wildman–Crippen LogP) is 1.35. The second-order valence-electron chi connectivity index (χ2n) is 5.65. The molecule has 8 nitrogen and oxygen atoms in total. The van der Waals surface area contributed by atoms with Crippen LogP contribution in [0.2, 0.25) is 0 Å². The van der Waals surface area contributed by atoms with Crippen molar-refractivity contribution in [1.82, 2.24) is 29.7 Å². The minimum atomic E-state index is 0.258. The quantitative estimate of drug-likeness (QED) is 0.757. The molecule has 1 atom stereocenters. The first kappa shape index (κ1) is 13.7. The fourth-order valence-electron chi connectivity index (χ4n) is 3.03. The van der Waals surface area contributed by atoms with Gasteiger partial charge in [0.15, 0.2) is 5.82 Å². The van der Waals surface area contributed by atoms with Gasteiger partial charge in [-0.3, -0.25) is 0 Å². The molecule has 8 heteroatoms. The lowest BCUT2D eigenvalue weighted by Crippen LogP contribution is -2.35. The molecule has 118 valence electrons. The van der Waals surface area contributed by atoms with E-state index in [1.54, 1.807) is 17.1 Å². The van der Waals surface area contributed by atoms with E-state index in [4.69, 9.17) is 5.73 Å². The third kappa shape index (κ3) is 2.75. The van der Waals surface area contributed by atoms with Gasteiger partial charge in [-0.25, -0.2) is 9.67 Å². The topological polar surface area (TPSA) is 102 Å². The Bertz CT molecular complexity index is 765. The Morgan fingerprint density at radius 1 is 1.22 bits per heavy atom. The van der Waals surface area contributed by atoms with Crippen molar-refractivity contribution in [2.24, 2.45) is 0 Å². The second kappa shape index (κ2) is 5.71. The van der Waals surface area contributed by atoms with E-state index in [1.165, 1.54) is 0 Å². The summed E-state index contributed by atoms with van der Waals surface area (Å²) in [5.74, 6) is 3.18. The SMILES string of the molecule is Nc1nc(N2CCCC(c3ncc[nH]3)C2)cc(-n2cccn2)n1. The largest absolute Gasteiger partial charge is 0.368 e. The fraction of sp³-hybridized carbons (Fsp3) is 0.333. The van der Waals surface area contributed by atoms with Crippen molar-refractivity contribution in [3.63, 3.8) is 0 Å². The Morgan fingerprint density at radius 3 is 2.91 bits per heavy atom. The van der Waals surface area contributed by atoms with Crippen LogP contribution in [0.1, 0.15) is 24.6 Å². The number of nitrogen functional groups attached to an aromatic ring is 1. The van der Waals surface area contributed by atoms with Crippen LogP contribution in [0.15, 0.2) is 36.9 Å². The summed E-state index contributed by atoms with van der Waals surface area (Å²) in [4.78, 5) is 18.5. The number of imidazole rings is 1. The third-order valence-corrected chi connectivity index (χ3v) is 4.11. The van der Waals surface area contributed by atoms with Gasteiger partial charge in [0.05, 0.1) is 0 Å². The lowest BCUT2D eigenvalue weighted by atomic mass is 9.97. The Kier molecular flexibility index (Phi) is 3.41. The monoisotopic (exact) mass is 310 g/mol. The third-order valence-electron chi connectivity index (χ3n) is 4.11. The molecule has 0 aliphatic carbocycles. The van der Waals surface area contributed by atoms with E-state index >= 15 is 0 Å². The number of hydrogen-bond donors (Lipinski definition) is 2. The molecular formula is C15H18N8. The molecule has 0 amide bonds. The highest BCUT2D eigenvalue weighted by molar-refractivity contribution is 5.48. The molecule has 1 saturated heterocycles. The van der Waals surface area contributed by atoms with Crippen LogP contribution in [0.25, 0.3) is 5.82 Å². The molecule has 1 fully saturated rings. The number of aromatic amines is 1. The minimum absolute atomic E-state index is 0.258. The van der Waals surface area contributed by atoms with Crippen molar-refractivity contribution in [2.45, 2.75) is 18.8 Å². The van der Waals surface area contributed by atoms with Crippen LogP contribution in [0.3, 0.4) is 0 Å². The molecule has 4 rings (SSSR count). The van der Waals surface area contributed by atoms with Gasteiger partial charge in [0, 0.05) is 49.9 Å². The number of piperidine rings is 1. The van der Waals surface area contributed by atoms with E-state index in [0.29, 0.717) is 11.7 Å². The normalized spacial score (nSPS) is 18.3. The zero-order valence-electron chi connectivity index (χ0n) is 12.6. The molecule has 0 saturated carbocycles. The summed E-state index contributed by atoms with van der Waals surface area (Å²) in [7, 11) is 0. The van der Waals surface area contributed by atoms with Crippen molar-refractivity contribution < 1.29 is 0 Å². The van der Waals surface area contributed by atoms with Gasteiger partial charge in [-0.15, -0.1) is 0 Å². The van der Waals surface area contributed by atoms with Gasteiger partial charge < -0.3 is 15.6 Å². The second-order valence-corrected chi connectivity index (χ2v) is 5.65. The number of anilines is 2. The summed E-state index contributed by atoms with van der Waals surface area (Å²) in [6.45, 7) is 1.81. The molecule has 3 aromatic heterocycles. The molecule has 1 unspecified atom stereocenters. The maximum atomic E-state index is 5.89. The number of nitrogens with two attached hydrogens (primary N) is 1. The van der Waals surface area contributed by atoms with Crippen LogP contribution in [0.4, 0.5) is 11.8 Å². The standard InChI is InChI=1S/C15H18N8/c16-15-20-12(9-13(21-15)23-8-2-4-19-23)22-7-1-3-11(10-22)14-17-5-6-18-14/h2,4-6,8-9,11H,1,3,7,10H2,(H,17,18)(H2,16,20,21). The Hall–Kier alpha value is -2.90. The summed E-state index contributed by atoms with van der Waals surface area (Å²) in [6, 6.07) is 3.78. The zero-order valence-corrected chi connectivity index (χ0v) is 12.6. The average molecular weight is 310 g/mol. The van der Waals surface area contributed by atoms with Crippen LogP contribution in [-0.2, 0) is 0 Å². The molecule has 3 N–H and O–H groups in total. The van der Waals surface area contributed by atoms with E-state index in [2.05, 4.69) is 29.9 Å². The van der Waals surface area contributed by atoms with Gasteiger partial charge in [-0.1, -0.05) is 0 Å². The molecule has 0 radical (unpaired) electrons. The number of nitrogens with zero attached hydrogens (tertiary/aromatic N) is 6. The maximum Gasteiger partial charge on any atom is 0.224 e. The molecular weight excluding hydrogens is 292 g/mol. The van der Waals surface area contributed by atoms with Gasteiger partial charge in [-0.2, -0.15) is 15.1 Å². The van der Waals surface area contributed by atoms with Crippen molar-refractivity contribution in [3.8, 4) is 5.82 Å². The fourth-order valence-corrected chi connectivity index (χ4v) is 3.03. The highest BCUT2D eigenvalue weighted by Gasteiger charge is 2.24. The van der Waals surface area contributed by atoms with E-state index in [0.717, 1.165) is 37.6 Å². The summed E-state index contributed by atoms with van der Waals surface area (Å²) in [5, 5.41) is 4.21. The van der Waals surface area contributed by atoms with Gasteiger partial charge in [0.25, 0.3) is 0 Å². The van der Waals surface area contributed by atoms with Crippen LogP contribution in [-0.4, -0.2) is 42.8 Å². The molecule has 23 heavy (non-hydrogen) atoms. The first-order chi connectivity index (χ1) is 11.3. The van der Waals surface area contributed by atoms with Gasteiger partial charge in [0.2, 0.25) is 5.95 Å². The first-order valence-electron chi connectivity index (χ1n) is 7.68. The van der Waals surface area contributed by atoms with Gasteiger partial charge in [0.1, 0.15) is 11.6 Å². The Balaban J connectivity index is 1.62. The van der Waals surface area contributed by atoms with Crippen LogP contribution in [0.5, 0.6) is 0 Å². The van der Waals surface area contributed by atoms with Gasteiger partial charge >= 0.3 is 0 Å². The summed E-state index contributed by atoms with van der Waals surface area (Å²) in [6.07, 6.45) is 9.43. The number of hydrogen-bond acceptors (Lipinski definition) is 6. The van der Waals surface area contributed by atoms with Crippen LogP contribution >= 0.6 is 0 Å². The maximum absolute atomic E-state index is 5.89. The molecule has 3 aromatic rings. The average Bonchev–Trinajstić information content (AvgIpc) is 3.28. The number of H-pyrrole nitrogens is 1. The number of nitrogens with one attached hydrogen (secondary N) is 1. The molecule has 0 aromatic carbocycles. The van der Waals surface area contributed by atoms with Crippen molar-refractivity contribution in [1.29, 1.82) is 0 Å². The highest BCUT2D eigenvalue weighted by atomic mass is 15.3. The van der Waals surface area contributed by atoms with Gasteiger partial charge in [-0.05, 0) is 18.9 Å². The lowest BCUT2D eigenvalue weighted by Gasteiger charge is -2.32. The number of rotatable bonds is 3. The highest BCUT2D eigenvalue weighted by Crippen LogP contribution is 2.28. The van der Waals surface area contributed by atoms with Crippen LogP contribution in [0, 0.1) is 0 Å². The van der Waals surface area contributed by atoms with Crippen molar-refractivity contribution in [2.75, 3.05) is 23.7 Å². The zero-order chi connectivity index (χ0) is 15.6. The molecule has 0 spiro atoms. The summed E-state index contributed by atoms with van der Waals surface area (Å²) < 4.78 is 1.69. The van der Waals surface area contributed by atoms with Crippen molar-refractivity contribution >= 4 is 11.8 Å². The van der Waals surface area contributed by atoms with Crippen molar-refractivity contribution in [3.05, 3.63) is 42.7 Å². The first-order valence-corrected chi connectivity index (χ1v) is 7.68.